The molecule has 0 amide bonds. The Morgan fingerprint density at radius 3 is 2.94 bits per heavy atom. The maximum atomic E-state index is 10.9. The lowest BCUT2D eigenvalue weighted by molar-refractivity contribution is 0.0598. The second-order valence-corrected chi connectivity index (χ2v) is 3.48. The zero-order valence-electron chi connectivity index (χ0n) is 8.58. The molecule has 0 atom stereocenters. The molecule has 0 saturated heterocycles. The molecule has 1 aromatic rings. The standard InChI is InChI=1S/C8H9N4O4S/c9-1-2-15-8(14)16-12-5(3-13)6-4-17-7(10)11-6/h4H,1-2,9H2,(H2,10,11)/b12-5+. The molecule has 0 aliphatic heterocycles. The van der Waals surface area contributed by atoms with E-state index in [1.54, 1.807) is 0 Å². The zero-order chi connectivity index (χ0) is 12.7. The van der Waals surface area contributed by atoms with E-state index in [0.29, 0.717) is 0 Å². The van der Waals surface area contributed by atoms with Crippen molar-refractivity contribution in [2.75, 3.05) is 18.9 Å². The zero-order valence-corrected chi connectivity index (χ0v) is 9.40. The fourth-order valence-corrected chi connectivity index (χ4v) is 1.31. The Morgan fingerprint density at radius 2 is 2.41 bits per heavy atom. The average Bonchev–Trinajstić information content (AvgIpc) is 2.74. The van der Waals surface area contributed by atoms with Crippen LogP contribution in [0.15, 0.2) is 10.5 Å². The van der Waals surface area contributed by atoms with Gasteiger partial charge in [0.15, 0.2) is 10.8 Å². The molecule has 0 fully saturated rings. The van der Waals surface area contributed by atoms with Crippen molar-refractivity contribution in [3.05, 3.63) is 11.1 Å². The van der Waals surface area contributed by atoms with Crippen LogP contribution in [0, 0.1) is 0 Å². The second kappa shape index (κ2) is 6.55. The molecule has 4 N–H and O–H groups in total. The van der Waals surface area contributed by atoms with Crippen LogP contribution >= 0.6 is 11.3 Å². The summed E-state index contributed by atoms with van der Waals surface area (Å²) in [7, 11) is 0. The molecular formula is C8H9N4O4S. The number of carbonyl (C=O) groups excluding carboxylic acids is 2. The molecule has 0 aliphatic rings. The summed E-state index contributed by atoms with van der Waals surface area (Å²) in [6, 6.07) is 0. The topological polar surface area (TPSA) is 130 Å². The van der Waals surface area contributed by atoms with E-state index in [1.165, 1.54) is 11.7 Å². The van der Waals surface area contributed by atoms with Crippen molar-refractivity contribution in [3.8, 4) is 0 Å². The molecule has 1 heterocycles. The molecule has 0 aromatic carbocycles. The van der Waals surface area contributed by atoms with Gasteiger partial charge in [0.25, 0.3) is 6.29 Å². The molecule has 0 bridgehead atoms. The number of thiazole rings is 1. The fraction of sp³-hybridized carbons (Fsp3) is 0.250. The summed E-state index contributed by atoms with van der Waals surface area (Å²) in [6.07, 6.45) is 0.411. The highest BCUT2D eigenvalue weighted by Gasteiger charge is 2.10. The molecule has 17 heavy (non-hydrogen) atoms. The first-order valence-corrected chi connectivity index (χ1v) is 5.26. The number of hydrogen-bond acceptors (Lipinski definition) is 9. The molecule has 1 rings (SSSR count). The number of aromatic nitrogens is 1. The van der Waals surface area contributed by atoms with Crippen molar-refractivity contribution < 1.29 is 19.2 Å². The summed E-state index contributed by atoms with van der Waals surface area (Å²) < 4.78 is 4.46. The SMILES string of the molecule is NCCOC(=O)O/N=C(\[C]=O)c1csc(N)n1. The summed E-state index contributed by atoms with van der Waals surface area (Å²) in [4.78, 5) is 29.5. The van der Waals surface area contributed by atoms with Gasteiger partial charge in [0, 0.05) is 11.9 Å². The van der Waals surface area contributed by atoms with Crippen molar-refractivity contribution in [2.45, 2.75) is 0 Å². The second-order valence-electron chi connectivity index (χ2n) is 2.59. The third-order valence-corrected chi connectivity index (χ3v) is 2.08. The van der Waals surface area contributed by atoms with Crippen molar-refractivity contribution in [1.29, 1.82) is 0 Å². The lowest BCUT2D eigenvalue weighted by Crippen LogP contribution is -2.14. The molecule has 0 spiro atoms. The van der Waals surface area contributed by atoms with Crippen LogP contribution in [0.4, 0.5) is 9.93 Å². The van der Waals surface area contributed by atoms with Gasteiger partial charge >= 0.3 is 6.16 Å². The molecular weight excluding hydrogens is 248 g/mol. The van der Waals surface area contributed by atoms with Crippen LogP contribution in [0.1, 0.15) is 5.69 Å². The van der Waals surface area contributed by atoms with Gasteiger partial charge in [0.1, 0.15) is 12.3 Å². The van der Waals surface area contributed by atoms with Crippen LogP contribution < -0.4 is 11.5 Å². The Kier molecular flexibility index (Phi) is 5.04. The first-order valence-electron chi connectivity index (χ1n) is 4.38. The van der Waals surface area contributed by atoms with Crippen molar-refractivity contribution in [2.24, 2.45) is 10.9 Å². The van der Waals surface area contributed by atoms with Crippen LogP contribution in [-0.4, -0.2) is 36.3 Å². The van der Waals surface area contributed by atoms with E-state index >= 15 is 0 Å². The number of carbonyl (C=O) groups is 1. The van der Waals surface area contributed by atoms with Gasteiger partial charge < -0.3 is 16.2 Å². The number of ether oxygens (including phenoxy) is 1. The van der Waals surface area contributed by atoms with Gasteiger partial charge in [-0.15, -0.1) is 11.3 Å². The van der Waals surface area contributed by atoms with Crippen LogP contribution in [0.5, 0.6) is 0 Å². The number of nitrogens with zero attached hydrogens (tertiary/aromatic N) is 2. The minimum atomic E-state index is -1.06. The summed E-state index contributed by atoms with van der Waals surface area (Å²) in [5, 5.41) is 4.98. The predicted octanol–water partition coefficient (Wildman–Crippen LogP) is -0.349. The quantitative estimate of drug-likeness (QED) is 0.319. The fourth-order valence-electron chi connectivity index (χ4n) is 0.766. The number of oxime groups is 1. The maximum absolute atomic E-state index is 10.9. The molecule has 0 unspecified atom stereocenters. The van der Waals surface area contributed by atoms with E-state index in [9.17, 15) is 9.59 Å². The van der Waals surface area contributed by atoms with E-state index in [-0.39, 0.29) is 29.7 Å². The molecule has 8 nitrogen and oxygen atoms in total. The number of nitrogen functional groups attached to an aromatic ring is 1. The van der Waals surface area contributed by atoms with E-state index in [4.69, 9.17) is 11.5 Å². The van der Waals surface area contributed by atoms with Gasteiger partial charge in [-0.25, -0.2) is 9.78 Å². The molecule has 91 valence electrons. The molecule has 9 heteroatoms. The Balaban J connectivity index is 2.62. The monoisotopic (exact) mass is 257 g/mol. The maximum Gasteiger partial charge on any atom is 0.535 e. The third kappa shape index (κ3) is 4.17. The predicted molar refractivity (Wildman–Crippen MR) is 60.2 cm³/mol. The Hall–Kier alpha value is -2.00. The summed E-state index contributed by atoms with van der Waals surface area (Å²) in [5.41, 5.74) is 10.4. The van der Waals surface area contributed by atoms with Gasteiger partial charge in [-0.2, -0.15) is 0 Å². The Bertz CT molecular complexity index is 431. The first kappa shape index (κ1) is 13.1. The van der Waals surface area contributed by atoms with E-state index < -0.39 is 6.16 Å². The highest BCUT2D eigenvalue weighted by atomic mass is 32.1. The smallest absolute Gasteiger partial charge is 0.431 e. The van der Waals surface area contributed by atoms with Crippen molar-refractivity contribution >= 4 is 34.6 Å². The highest BCUT2D eigenvalue weighted by Crippen LogP contribution is 2.11. The average molecular weight is 257 g/mol. The molecule has 0 saturated carbocycles. The van der Waals surface area contributed by atoms with E-state index in [0.717, 1.165) is 11.3 Å². The first-order chi connectivity index (χ1) is 8.17. The number of hydrogen-bond donors (Lipinski definition) is 2. The minimum Gasteiger partial charge on any atom is -0.431 e. The summed E-state index contributed by atoms with van der Waals surface area (Å²) in [6.45, 7) is 0.159. The largest absolute Gasteiger partial charge is 0.535 e. The highest BCUT2D eigenvalue weighted by molar-refractivity contribution is 7.13. The van der Waals surface area contributed by atoms with Crippen LogP contribution in [0.2, 0.25) is 0 Å². The number of nitrogens with two attached hydrogens (primary N) is 2. The van der Waals surface area contributed by atoms with Crippen molar-refractivity contribution in [1.82, 2.24) is 4.98 Å². The van der Waals surface area contributed by atoms with Gasteiger partial charge in [0.2, 0.25) is 0 Å². The van der Waals surface area contributed by atoms with Crippen LogP contribution in [-0.2, 0) is 14.4 Å². The van der Waals surface area contributed by atoms with E-state index in [2.05, 4.69) is 19.7 Å². The summed E-state index contributed by atoms with van der Waals surface area (Å²) in [5.74, 6) is 0. The van der Waals surface area contributed by atoms with Gasteiger partial charge in [0.05, 0.1) is 0 Å². The van der Waals surface area contributed by atoms with Gasteiger partial charge in [-0.3, -0.25) is 9.63 Å². The van der Waals surface area contributed by atoms with Crippen LogP contribution in [0.25, 0.3) is 0 Å². The Labute approximate surface area is 100 Å². The molecule has 1 radical (unpaired) electrons. The molecule has 1 aromatic heterocycles. The normalized spacial score (nSPS) is 11.0. The number of anilines is 1. The lowest BCUT2D eigenvalue weighted by Gasteiger charge is -1.99. The van der Waals surface area contributed by atoms with Gasteiger partial charge in [-0.1, -0.05) is 5.16 Å². The van der Waals surface area contributed by atoms with Crippen molar-refractivity contribution in [3.63, 3.8) is 0 Å². The number of rotatable bonds is 5. The van der Waals surface area contributed by atoms with E-state index in [1.807, 2.05) is 0 Å². The third-order valence-electron chi connectivity index (χ3n) is 1.41. The minimum absolute atomic E-state index is 0.00185. The van der Waals surface area contributed by atoms with Crippen LogP contribution in [0.3, 0.4) is 0 Å². The lowest BCUT2D eigenvalue weighted by atomic mass is 10.3. The Morgan fingerprint density at radius 1 is 1.65 bits per heavy atom. The van der Waals surface area contributed by atoms with Gasteiger partial charge in [-0.05, 0) is 0 Å². The summed E-state index contributed by atoms with van der Waals surface area (Å²) >= 11 is 1.11. The molecule has 0 aliphatic carbocycles.